The maximum Gasteiger partial charge on any atom is 0.251 e. The molecule has 0 rings (SSSR count). The van der Waals surface area contributed by atoms with Crippen LogP contribution in [0.5, 0.6) is 0 Å². The molecule has 13 heavy (non-hydrogen) atoms. The zero-order valence-corrected chi connectivity index (χ0v) is 8.55. The van der Waals surface area contributed by atoms with E-state index in [1.807, 2.05) is 6.92 Å². The number of hydrogen-bond acceptors (Lipinski definition) is 2. The number of likely N-dealkylation sites (N-methyl/N-ethyl adjacent to an activating group) is 1. The third-order valence-electron chi connectivity index (χ3n) is 1.94. The smallest absolute Gasteiger partial charge is 0.251 e. The second-order valence-corrected chi connectivity index (χ2v) is 3.00. The SMILES string of the molecule is C=C(CO)C(=O)N(CC)CCCC. The summed E-state index contributed by atoms with van der Waals surface area (Å²) in [7, 11) is 0. The number of rotatable bonds is 6. The second-order valence-electron chi connectivity index (χ2n) is 3.00. The van der Waals surface area contributed by atoms with Gasteiger partial charge in [-0.25, -0.2) is 0 Å². The van der Waals surface area contributed by atoms with Crippen LogP contribution in [0.3, 0.4) is 0 Å². The maximum absolute atomic E-state index is 11.5. The van der Waals surface area contributed by atoms with Crippen molar-refractivity contribution in [3.63, 3.8) is 0 Å². The Bertz CT molecular complexity index is 178. The first-order valence-electron chi connectivity index (χ1n) is 4.75. The van der Waals surface area contributed by atoms with E-state index in [1.165, 1.54) is 0 Å². The van der Waals surface area contributed by atoms with E-state index in [2.05, 4.69) is 13.5 Å². The molecule has 0 aromatic heterocycles. The summed E-state index contributed by atoms with van der Waals surface area (Å²) in [6, 6.07) is 0. The molecule has 0 atom stereocenters. The van der Waals surface area contributed by atoms with Gasteiger partial charge in [-0.15, -0.1) is 0 Å². The number of aliphatic hydroxyl groups is 1. The average Bonchev–Trinajstić information content (AvgIpc) is 2.17. The van der Waals surface area contributed by atoms with E-state index in [9.17, 15) is 4.79 Å². The van der Waals surface area contributed by atoms with Gasteiger partial charge < -0.3 is 10.0 Å². The fourth-order valence-electron chi connectivity index (χ4n) is 1.04. The lowest BCUT2D eigenvalue weighted by atomic mass is 10.2. The summed E-state index contributed by atoms with van der Waals surface area (Å²) in [4.78, 5) is 13.2. The highest BCUT2D eigenvalue weighted by molar-refractivity contribution is 5.92. The first-order valence-corrected chi connectivity index (χ1v) is 4.75. The summed E-state index contributed by atoms with van der Waals surface area (Å²) in [5.74, 6) is -0.126. The van der Waals surface area contributed by atoms with E-state index in [0.29, 0.717) is 6.54 Å². The molecule has 0 unspecified atom stereocenters. The summed E-state index contributed by atoms with van der Waals surface area (Å²) in [5, 5.41) is 8.73. The zero-order valence-electron chi connectivity index (χ0n) is 8.55. The molecule has 0 saturated carbocycles. The van der Waals surface area contributed by atoms with Crippen molar-refractivity contribution in [3.05, 3.63) is 12.2 Å². The Morgan fingerprint density at radius 3 is 2.46 bits per heavy atom. The number of amides is 1. The predicted octanol–water partition coefficient (Wildman–Crippen LogP) is 1.18. The normalized spacial score (nSPS) is 9.77. The second kappa shape index (κ2) is 6.66. The Morgan fingerprint density at radius 1 is 1.46 bits per heavy atom. The highest BCUT2D eigenvalue weighted by Crippen LogP contribution is 2.01. The number of carbonyl (C=O) groups is 1. The van der Waals surface area contributed by atoms with E-state index >= 15 is 0 Å². The lowest BCUT2D eigenvalue weighted by molar-refractivity contribution is -0.127. The molecule has 1 N–H and O–H groups in total. The number of carbonyl (C=O) groups excluding carboxylic acids is 1. The third-order valence-corrected chi connectivity index (χ3v) is 1.94. The molecular weight excluding hydrogens is 166 g/mol. The highest BCUT2D eigenvalue weighted by Gasteiger charge is 2.13. The van der Waals surface area contributed by atoms with Crippen LogP contribution in [0.25, 0.3) is 0 Å². The lowest BCUT2D eigenvalue weighted by Crippen LogP contribution is -2.33. The molecule has 0 spiro atoms. The van der Waals surface area contributed by atoms with E-state index < -0.39 is 0 Å². The lowest BCUT2D eigenvalue weighted by Gasteiger charge is -2.20. The van der Waals surface area contributed by atoms with Crippen molar-refractivity contribution in [1.82, 2.24) is 4.90 Å². The van der Waals surface area contributed by atoms with Crippen LogP contribution in [-0.2, 0) is 4.79 Å². The van der Waals surface area contributed by atoms with Crippen molar-refractivity contribution >= 4 is 5.91 Å². The van der Waals surface area contributed by atoms with Gasteiger partial charge in [0.2, 0.25) is 0 Å². The van der Waals surface area contributed by atoms with Crippen molar-refractivity contribution < 1.29 is 9.90 Å². The van der Waals surface area contributed by atoms with Gasteiger partial charge in [0.15, 0.2) is 0 Å². The molecule has 3 nitrogen and oxygen atoms in total. The zero-order chi connectivity index (χ0) is 10.3. The van der Waals surface area contributed by atoms with Crippen molar-refractivity contribution in [1.29, 1.82) is 0 Å². The van der Waals surface area contributed by atoms with Crippen LogP contribution in [0.2, 0.25) is 0 Å². The molecule has 0 aliphatic carbocycles. The minimum Gasteiger partial charge on any atom is -0.391 e. The quantitative estimate of drug-likeness (QED) is 0.631. The van der Waals surface area contributed by atoms with Crippen LogP contribution in [0.15, 0.2) is 12.2 Å². The first-order chi connectivity index (χ1) is 6.17. The summed E-state index contributed by atoms with van der Waals surface area (Å²) in [6.45, 7) is 8.70. The first kappa shape index (κ1) is 12.2. The molecule has 0 radical (unpaired) electrons. The minimum absolute atomic E-state index is 0.126. The van der Waals surface area contributed by atoms with Crippen molar-refractivity contribution in [2.45, 2.75) is 26.7 Å². The monoisotopic (exact) mass is 185 g/mol. The van der Waals surface area contributed by atoms with Gasteiger partial charge in [0.25, 0.3) is 5.91 Å². The average molecular weight is 185 g/mol. The largest absolute Gasteiger partial charge is 0.391 e. The summed E-state index contributed by atoms with van der Waals surface area (Å²) < 4.78 is 0. The van der Waals surface area contributed by atoms with E-state index in [-0.39, 0.29) is 18.1 Å². The summed E-state index contributed by atoms with van der Waals surface area (Å²) >= 11 is 0. The molecule has 0 heterocycles. The van der Waals surface area contributed by atoms with E-state index in [4.69, 9.17) is 5.11 Å². The standard InChI is InChI=1S/C10H19NO2/c1-4-6-7-11(5-2)10(13)9(3)8-12/h12H,3-8H2,1-2H3. The van der Waals surface area contributed by atoms with Gasteiger partial charge in [0.05, 0.1) is 6.61 Å². The van der Waals surface area contributed by atoms with Crippen molar-refractivity contribution in [2.75, 3.05) is 19.7 Å². The Balaban J connectivity index is 4.06. The maximum atomic E-state index is 11.5. The predicted molar refractivity (Wildman–Crippen MR) is 53.4 cm³/mol. The molecule has 0 fully saturated rings. The van der Waals surface area contributed by atoms with Gasteiger partial charge >= 0.3 is 0 Å². The van der Waals surface area contributed by atoms with Gasteiger partial charge in [0.1, 0.15) is 0 Å². The molecule has 0 aromatic carbocycles. The molecule has 0 aliphatic rings. The summed E-state index contributed by atoms with van der Waals surface area (Å²) in [5.41, 5.74) is 0.276. The van der Waals surface area contributed by atoms with Crippen LogP contribution in [0.4, 0.5) is 0 Å². The van der Waals surface area contributed by atoms with Crippen molar-refractivity contribution in [2.24, 2.45) is 0 Å². The van der Waals surface area contributed by atoms with Crippen LogP contribution >= 0.6 is 0 Å². The van der Waals surface area contributed by atoms with Gasteiger partial charge in [-0.05, 0) is 13.3 Å². The van der Waals surface area contributed by atoms with Gasteiger partial charge in [0, 0.05) is 18.7 Å². The van der Waals surface area contributed by atoms with E-state index in [0.717, 1.165) is 19.4 Å². The topological polar surface area (TPSA) is 40.5 Å². The molecule has 0 aliphatic heterocycles. The van der Waals surface area contributed by atoms with Crippen molar-refractivity contribution in [3.8, 4) is 0 Å². The molecule has 1 amide bonds. The molecular formula is C10H19NO2. The molecule has 0 aromatic rings. The molecule has 76 valence electrons. The fraction of sp³-hybridized carbons (Fsp3) is 0.700. The van der Waals surface area contributed by atoms with Gasteiger partial charge in [-0.3, -0.25) is 4.79 Å². The Labute approximate surface area is 80.0 Å². The fourth-order valence-corrected chi connectivity index (χ4v) is 1.04. The minimum atomic E-state index is -0.249. The number of hydrogen-bond donors (Lipinski definition) is 1. The highest BCUT2D eigenvalue weighted by atomic mass is 16.3. The van der Waals surface area contributed by atoms with E-state index in [1.54, 1.807) is 4.90 Å². The Hall–Kier alpha value is -0.830. The van der Waals surface area contributed by atoms with Crippen LogP contribution in [0.1, 0.15) is 26.7 Å². The molecule has 0 bridgehead atoms. The number of aliphatic hydroxyl groups excluding tert-OH is 1. The molecule has 0 saturated heterocycles. The van der Waals surface area contributed by atoms with Gasteiger partial charge in [-0.1, -0.05) is 19.9 Å². The number of nitrogens with zero attached hydrogens (tertiary/aromatic N) is 1. The number of unbranched alkanes of at least 4 members (excludes halogenated alkanes) is 1. The Kier molecular flexibility index (Phi) is 6.24. The van der Waals surface area contributed by atoms with Crippen LogP contribution < -0.4 is 0 Å². The van der Waals surface area contributed by atoms with Crippen LogP contribution in [-0.4, -0.2) is 35.6 Å². The summed E-state index contributed by atoms with van der Waals surface area (Å²) in [6.07, 6.45) is 2.06. The Morgan fingerprint density at radius 2 is 2.08 bits per heavy atom. The van der Waals surface area contributed by atoms with Crippen LogP contribution in [0, 0.1) is 0 Å². The molecule has 3 heteroatoms. The third kappa shape index (κ3) is 4.08. The van der Waals surface area contributed by atoms with Gasteiger partial charge in [-0.2, -0.15) is 0 Å².